The predicted octanol–water partition coefficient (Wildman–Crippen LogP) is 3.53. The molecule has 23 heavy (non-hydrogen) atoms. The largest absolute Gasteiger partial charge is 0.381 e. The first-order valence-corrected chi connectivity index (χ1v) is 9.68. The number of rotatable bonds is 6. The van der Waals surface area contributed by atoms with Gasteiger partial charge in [0, 0.05) is 40.4 Å². The van der Waals surface area contributed by atoms with Crippen LogP contribution in [0.25, 0.3) is 0 Å². The normalized spacial score (nSPS) is 27.0. The second-order valence-corrected chi connectivity index (χ2v) is 7.67. The fraction of sp³-hybridized carbons (Fsp3) is 0.947. The first-order valence-electron chi connectivity index (χ1n) is 9.68. The van der Waals surface area contributed by atoms with Crippen molar-refractivity contribution in [1.82, 2.24) is 10.2 Å². The summed E-state index contributed by atoms with van der Waals surface area (Å²) in [7, 11) is 4.06. The van der Waals surface area contributed by atoms with E-state index >= 15 is 0 Å². The average Bonchev–Trinajstić information content (AvgIpc) is 2.57. The lowest BCUT2D eigenvalue weighted by Crippen LogP contribution is -2.41. The molecule has 2 unspecified atom stereocenters. The van der Waals surface area contributed by atoms with E-state index in [9.17, 15) is 0 Å². The molecule has 1 N–H and O–H groups in total. The van der Waals surface area contributed by atoms with Crippen LogP contribution >= 0.6 is 0 Å². The van der Waals surface area contributed by atoms with Crippen molar-refractivity contribution >= 4 is 5.96 Å². The van der Waals surface area contributed by atoms with Gasteiger partial charge in [-0.15, -0.1) is 0 Å². The lowest BCUT2D eigenvalue weighted by atomic mass is 9.81. The molecular formula is C19H37N3O. The maximum Gasteiger partial charge on any atom is 0.193 e. The molecule has 4 nitrogen and oxygen atoms in total. The summed E-state index contributed by atoms with van der Waals surface area (Å²) in [5.74, 6) is 3.72. The van der Waals surface area contributed by atoms with Crippen LogP contribution in [-0.2, 0) is 4.74 Å². The van der Waals surface area contributed by atoms with E-state index < -0.39 is 0 Å². The van der Waals surface area contributed by atoms with Gasteiger partial charge < -0.3 is 15.0 Å². The lowest BCUT2D eigenvalue weighted by molar-refractivity contribution is 0.0625. The molecule has 0 aromatic rings. The topological polar surface area (TPSA) is 36.9 Å². The Hall–Kier alpha value is -0.770. The molecule has 0 aromatic heterocycles. The molecule has 2 rings (SSSR count). The summed E-state index contributed by atoms with van der Waals surface area (Å²) in [6, 6.07) is 0. The molecule has 2 aliphatic rings. The Kier molecular flexibility index (Phi) is 8.21. The fourth-order valence-electron chi connectivity index (χ4n) is 4.11. The van der Waals surface area contributed by atoms with Gasteiger partial charge in [-0.25, -0.2) is 0 Å². The van der Waals surface area contributed by atoms with Crippen LogP contribution in [0, 0.1) is 17.8 Å². The Morgan fingerprint density at radius 3 is 2.61 bits per heavy atom. The van der Waals surface area contributed by atoms with Crippen molar-refractivity contribution in [3.8, 4) is 0 Å². The van der Waals surface area contributed by atoms with Crippen LogP contribution in [0.3, 0.4) is 0 Å². The van der Waals surface area contributed by atoms with Crippen molar-refractivity contribution in [2.45, 2.75) is 58.3 Å². The highest BCUT2D eigenvalue weighted by Crippen LogP contribution is 2.30. The molecule has 0 bridgehead atoms. The molecule has 0 amide bonds. The Morgan fingerprint density at radius 2 is 1.91 bits per heavy atom. The van der Waals surface area contributed by atoms with Crippen molar-refractivity contribution in [1.29, 1.82) is 0 Å². The predicted molar refractivity (Wildman–Crippen MR) is 97.9 cm³/mol. The molecule has 0 radical (unpaired) electrons. The highest BCUT2D eigenvalue weighted by molar-refractivity contribution is 5.79. The van der Waals surface area contributed by atoms with Crippen LogP contribution in [0.1, 0.15) is 58.3 Å². The van der Waals surface area contributed by atoms with Crippen LogP contribution < -0.4 is 5.32 Å². The highest BCUT2D eigenvalue weighted by atomic mass is 16.5. The number of ether oxygens (including phenoxy) is 1. The number of guanidine groups is 1. The SMILES string of the molecule is CN=C(NCCC1CCCC(C)C1)N(C)CCC1CCOCC1. The Morgan fingerprint density at radius 1 is 1.13 bits per heavy atom. The van der Waals surface area contributed by atoms with Crippen LogP contribution in [0.2, 0.25) is 0 Å². The summed E-state index contributed by atoms with van der Waals surface area (Å²) in [6.07, 6.45) is 10.7. The molecule has 0 spiro atoms. The van der Waals surface area contributed by atoms with Gasteiger partial charge in [0.05, 0.1) is 0 Å². The van der Waals surface area contributed by atoms with E-state index in [0.29, 0.717) is 0 Å². The molecule has 2 fully saturated rings. The van der Waals surface area contributed by atoms with Gasteiger partial charge in [0.1, 0.15) is 0 Å². The Balaban J connectivity index is 1.63. The Labute approximate surface area is 143 Å². The maximum absolute atomic E-state index is 5.44. The van der Waals surface area contributed by atoms with Gasteiger partial charge in [-0.2, -0.15) is 0 Å². The molecule has 0 aromatic carbocycles. The van der Waals surface area contributed by atoms with Gasteiger partial charge in [0.25, 0.3) is 0 Å². The fourth-order valence-corrected chi connectivity index (χ4v) is 4.11. The zero-order valence-electron chi connectivity index (χ0n) is 15.5. The summed E-state index contributed by atoms with van der Waals surface area (Å²) in [5.41, 5.74) is 0. The van der Waals surface area contributed by atoms with E-state index in [0.717, 1.165) is 50.0 Å². The van der Waals surface area contributed by atoms with Gasteiger partial charge in [0.15, 0.2) is 5.96 Å². The quantitative estimate of drug-likeness (QED) is 0.600. The monoisotopic (exact) mass is 323 g/mol. The molecule has 1 saturated carbocycles. The number of nitrogens with zero attached hydrogens (tertiary/aromatic N) is 2. The second kappa shape index (κ2) is 10.2. The van der Waals surface area contributed by atoms with E-state index in [4.69, 9.17) is 4.74 Å². The summed E-state index contributed by atoms with van der Waals surface area (Å²) >= 11 is 0. The summed E-state index contributed by atoms with van der Waals surface area (Å²) in [6.45, 7) is 6.45. The summed E-state index contributed by atoms with van der Waals surface area (Å²) < 4.78 is 5.44. The molecule has 1 saturated heterocycles. The molecule has 134 valence electrons. The third-order valence-corrected chi connectivity index (χ3v) is 5.67. The zero-order chi connectivity index (χ0) is 16.5. The second-order valence-electron chi connectivity index (χ2n) is 7.67. The molecule has 1 aliphatic carbocycles. The molecule has 4 heteroatoms. The summed E-state index contributed by atoms with van der Waals surface area (Å²) in [5, 5.41) is 3.57. The van der Waals surface area contributed by atoms with Gasteiger partial charge in [0.2, 0.25) is 0 Å². The summed E-state index contributed by atoms with van der Waals surface area (Å²) in [4.78, 5) is 6.75. The van der Waals surface area contributed by atoms with Crippen molar-refractivity contribution in [3.63, 3.8) is 0 Å². The standard InChI is InChI=1S/C19H37N3O/c1-16-5-4-6-18(15-16)7-11-21-19(20-2)22(3)12-8-17-9-13-23-14-10-17/h16-18H,4-15H2,1-3H3,(H,20,21). The first-order chi connectivity index (χ1) is 11.2. The smallest absolute Gasteiger partial charge is 0.193 e. The van der Waals surface area contributed by atoms with Crippen LogP contribution in [0.15, 0.2) is 4.99 Å². The lowest BCUT2D eigenvalue weighted by Gasteiger charge is -2.29. The molecule has 1 aliphatic heterocycles. The van der Waals surface area contributed by atoms with E-state index in [1.54, 1.807) is 0 Å². The van der Waals surface area contributed by atoms with E-state index in [2.05, 4.69) is 29.2 Å². The van der Waals surface area contributed by atoms with Crippen LogP contribution in [-0.4, -0.2) is 51.3 Å². The van der Waals surface area contributed by atoms with Gasteiger partial charge in [-0.1, -0.05) is 26.2 Å². The first kappa shape index (κ1) is 18.6. The minimum atomic E-state index is 0.827. The molecule has 1 heterocycles. The van der Waals surface area contributed by atoms with Gasteiger partial charge in [-0.05, 0) is 49.9 Å². The van der Waals surface area contributed by atoms with Crippen LogP contribution in [0.5, 0.6) is 0 Å². The van der Waals surface area contributed by atoms with Gasteiger partial charge in [-0.3, -0.25) is 4.99 Å². The average molecular weight is 324 g/mol. The number of nitrogens with one attached hydrogen (secondary N) is 1. The highest BCUT2D eigenvalue weighted by Gasteiger charge is 2.19. The third kappa shape index (κ3) is 6.70. The van der Waals surface area contributed by atoms with E-state index in [1.807, 2.05) is 7.05 Å². The van der Waals surface area contributed by atoms with Crippen molar-refractivity contribution < 1.29 is 4.74 Å². The molecule has 2 atom stereocenters. The van der Waals surface area contributed by atoms with E-state index in [1.165, 1.54) is 51.4 Å². The minimum Gasteiger partial charge on any atom is -0.381 e. The van der Waals surface area contributed by atoms with Crippen molar-refractivity contribution in [2.75, 3.05) is 40.4 Å². The van der Waals surface area contributed by atoms with Crippen LogP contribution in [0.4, 0.5) is 0 Å². The third-order valence-electron chi connectivity index (χ3n) is 5.67. The number of hydrogen-bond donors (Lipinski definition) is 1. The minimum absolute atomic E-state index is 0.827. The van der Waals surface area contributed by atoms with E-state index in [-0.39, 0.29) is 0 Å². The molecular weight excluding hydrogens is 286 g/mol. The van der Waals surface area contributed by atoms with Crippen molar-refractivity contribution in [2.24, 2.45) is 22.7 Å². The zero-order valence-corrected chi connectivity index (χ0v) is 15.5. The number of hydrogen-bond acceptors (Lipinski definition) is 2. The number of aliphatic imine (C=N–C) groups is 1. The Bertz CT molecular complexity index is 353. The van der Waals surface area contributed by atoms with Crippen molar-refractivity contribution in [3.05, 3.63) is 0 Å². The maximum atomic E-state index is 5.44. The van der Waals surface area contributed by atoms with Gasteiger partial charge >= 0.3 is 0 Å².